The molecule has 100 valence electrons. The van der Waals surface area contributed by atoms with Crippen molar-refractivity contribution in [2.45, 2.75) is 26.3 Å². The van der Waals surface area contributed by atoms with E-state index in [1.807, 2.05) is 6.92 Å². The van der Waals surface area contributed by atoms with E-state index in [1.54, 1.807) is 18.7 Å². The molecule has 1 saturated heterocycles. The Morgan fingerprint density at radius 2 is 2.18 bits per heavy atom. The van der Waals surface area contributed by atoms with E-state index in [4.69, 9.17) is 4.74 Å². The van der Waals surface area contributed by atoms with Crippen LogP contribution in [-0.2, 0) is 19.6 Å². The van der Waals surface area contributed by atoms with Gasteiger partial charge in [-0.1, -0.05) is 6.92 Å². The first kappa shape index (κ1) is 14.8. The zero-order valence-corrected chi connectivity index (χ0v) is 11.8. The van der Waals surface area contributed by atoms with Gasteiger partial charge in [-0.2, -0.15) is 16.1 Å². The van der Waals surface area contributed by atoms with Crippen LogP contribution in [0.5, 0.6) is 0 Å². The molecule has 0 spiro atoms. The first-order valence-electron chi connectivity index (χ1n) is 5.76. The zero-order chi connectivity index (χ0) is 12.9. The van der Waals surface area contributed by atoms with Crippen LogP contribution in [0, 0.1) is 0 Å². The van der Waals surface area contributed by atoms with E-state index >= 15 is 0 Å². The van der Waals surface area contributed by atoms with Crippen molar-refractivity contribution in [3.8, 4) is 0 Å². The summed E-state index contributed by atoms with van der Waals surface area (Å²) in [5.74, 6) is 0.883. The minimum absolute atomic E-state index is 0.0908. The van der Waals surface area contributed by atoms with E-state index in [9.17, 15) is 13.2 Å². The van der Waals surface area contributed by atoms with Crippen molar-refractivity contribution < 1.29 is 17.9 Å². The molecule has 0 aromatic rings. The second kappa shape index (κ2) is 6.61. The number of rotatable bonds is 5. The summed E-state index contributed by atoms with van der Waals surface area (Å²) in [6, 6.07) is -0.648. The molecule has 0 amide bonds. The molecule has 1 atom stereocenters. The number of esters is 1. The van der Waals surface area contributed by atoms with E-state index in [2.05, 4.69) is 0 Å². The summed E-state index contributed by atoms with van der Waals surface area (Å²) in [6.07, 6.45) is 0.557. The van der Waals surface area contributed by atoms with Crippen molar-refractivity contribution in [3.63, 3.8) is 0 Å². The largest absolute Gasteiger partial charge is 0.465 e. The fraction of sp³-hybridized carbons (Fsp3) is 0.900. The molecule has 0 saturated carbocycles. The van der Waals surface area contributed by atoms with Crippen molar-refractivity contribution in [1.82, 2.24) is 4.31 Å². The fourth-order valence-corrected chi connectivity index (χ4v) is 4.63. The molecule has 1 aliphatic rings. The number of hydrogen-bond donors (Lipinski definition) is 0. The number of carbonyl (C=O) groups excluding carboxylic acids is 1. The van der Waals surface area contributed by atoms with Crippen LogP contribution in [0.3, 0.4) is 0 Å². The number of ether oxygens (including phenoxy) is 1. The molecule has 1 unspecified atom stereocenters. The summed E-state index contributed by atoms with van der Waals surface area (Å²) in [7, 11) is -3.33. The molecule has 5 nitrogen and oxygen atoms in total. The van der Waals surface area contributed by atoms with Crippen molar-refractivity contribution >= 4 is 27.8 Å². The minimum atomic E-state index is -3.33. The third-order valence-electron chi connectivity index (χ3n) is 2.46. The second-order valence-electron chi connectivity index (χ2n) is 3.77. The van der Waals surface area contributed by atoms with Gasteiger partial charge in [-0.15, -0.1) is 0 Å². The molecule has 1 heterocycles. The van der Waals surface area contributed by atoms with Crippen LogP contribution in [0.25, 0.3) is 0 Å². The van der Waals surface area contributed by atoms with Crippen LogP contribution in [0.15, 0.2) is 0 Å². The molecule has 0 aliphatic carbocycles. The third-order valence-corrected chi connectivity index (χ3v) is 5.56. The highest BCUT2D eigenvalue weighted by Gasteiger charge is 2.37. The topological polar surface area (TPSA) is 63.7 Å². The number of hydrogen-bond acceptors (Lipinski definition) is 5. The van der Waals surface area contributed by atoms with E-state index in [-0.39, 0.29) is 12.4 Å². The van der Waals surface area contributed by atoms with Crippen molar-refractivity contribution in [1.29, 1.82) is 0 Å². The van der Waals surface area contributed by atoms with Crippen LogP contribution in [0.1, 0.15) is 20.3 Å². The van der Waals surface area contributed by atoms with Gasteiger partial charge in [0.1, 0.15) is 6.04 Å². The highest BCUT2D eigenvalue weighted by atomic mass is 32.2. The minimum Gasteiger partial charge on any atom is -0.465 e. The Morgan fingerprint density at radius 1 is 1.47 bits per heavy atom. The molecule has 0 bridgehead atoms. The Kier molecular flexibility index (Phi) is 5.75. The number of thioether (sulfide) groups is 1. The Hall–Kier alpha value is -0.270. The van der Waals surface area contributed by atoms with Gasteiger partial charge in [0.15, 0.2) is 0 Å². The van der Waals surface area contributed by atoms with Crippen LogP contribution >= 0.6 is 11.8 Å². The van der Waals surface area contributed by atoms with Crippen LogP contribution < -0.4 is 0 Å². The molecular formula is C10H19NO4S2. The first-order chi connectivity index (χ1) is 8.03. The average molecular weight is 281 g/mol. The zero-order valence-electron chi connectivity index (χ0n) is 10.2. The summed E-state index contributed by atoms with van der Waals surface area (Å²) < 4.78 is 30.3. The van der Waals surface area contributed by atoms with Crippen LogP contribution in [-0.4, -0.2) is 55.1 Å². The summed E-state index contributed by atoms with van der Waals surface area (Å²) in [5, 5.41) is 0. The van der Waals surface area contributed by atoms with E-state index < -0.39 is 22.0 Å². The predicted molar refractivity (Wildman–Crippen MR) is 68.5 cm³/mol. The lowest BCUT2D eigenvalue weighted by Gasteiger charge is -2.32. The van der Waals surface area contributed by atoms with Gasteiger partial charge >= 0.3 is 5.97 Å². The molecule has 0 aromatic carbocycles. The summed E-state index contributed by atoms with van der Waals surface area (Å²) in [6.45, 7) is 4.21. The second-order valence-corrected chi connectivity index (χ2v) is 6.96. The Bertz CT molecular complexity index is 355. The van der Waals surface area contributed by atoms with Gasteiger partial charge in [-0.3, -0.25) is 4.79 Å². The van der Waals surface area contributed by atoms with Crippen molar-refractivity contribution in [2.75, 3.05) is 30.4 Å². The summed E-state index contributed by atoms with van der Waals surface area (Å²) in [4.78, 5) is 11.7. The molecule has 0 aromatic heterocycles. The van der Waals surface area contributed by atoms with E-state index in [1.165, 1.54) is 4.31 Å². The smallest absolute Gasteiger partial charge is 0.325 e. The number of nitrogens with zero attached hydrogens (tertiary/aromatic N) is 1. The molecule has 1 aliphatic heterocycles. The van der Waals surface area contributed by atoms with Gasteiger partial charge in [0.2, 0.25) is 10.0 Å². The van der Waals surface area contributed by atoms with Gasteiger partial charge in [0.05, 0.1) is 12.4 Å². The lowest BCUT2D eigenvalue weighted by atomic mass is 10.3. The van der Waals surface area contributed by atoms with Crippen LogP contribution in [0.2, 0.25) is 0 Å². The maximum Gasteiger partial charge on any atom is 0.325 e. The normalized spacial score (nSPS) is 22.4. The van der Waals surface area contributed by atoms with Gasteiger partial charge < -0.3 is 4.74 Å². The average Bonchev–Trinajstić information content (AvgIpc) is 2.29. The van der Waals surface area contributed by atoms with Crippen molar-refractivity contribution in [3.05, 3.63) is 0 Å². The maximum atomic E-state index is 12.0. The fourth-order valence-electron chi connectivity index (χ4n) is 1.72. The highest BCUT2D eigenvalue weighted by Crippen LogP contribution is 2.21. The quantitative estimate of drug-likeness (QED) is 0.694. The first-order valence-corrected chi connectivity index (χ1v) is 8.53. The number of carbonyl (C=O) groups is 1. The number of sulfonamides is 1. The Balaban J connectivity index is 2.82. The van der Waals surface area contributed by atoms with Crippen LogP contribution in [0.4, 0.5) is 0 Å². The Morgan fingerprint density at radius 3 is 2.76 bits per heavy atom. The summed E-state index contributed by atoms with van der Waals surface area (Å²) in [5.41, 5.74) is 0. The lowest BCUT2D eigenvalue weighted by Crippen LogP contribution is -2.51. The van der Waals surface area contributed by atoms with Gasteiger partial charge in [0, 0.05) is 18.1 Å². The lowest BCUT2D eigenvalue weighted by molar-refractivity contribution is -0.146. The standard InChI is InChI=1S/C10H19NO4S2/c1-3-7-17(13,14)11-5-6-16-8-9(11)10(12)15-4-2/h9H,3-8H2,1-2H3. The van der Waals surface area contributed by atoms with Gasteiger partial charge in [0.25, 0.3) is 0 Å². The molecule has 1 fully saturated rings. The predicted octanol–water partition coefficient (Wildman–Crippen LogP) is 0.707. The monoisotopic (exact) mass is 281 g/mol. The summed E-state index contributed by atoms with van der Waals surface area (Å²) >= 11 is 1.59. The van der Waals surface area contributed by atoms with E-state index in [0.29, 0.717) is 18.7 Å². The van der Waals surface area contributed by atoms with Gasteiger partial charge in [-0.05, 0) is 13.3 Å². The molecule has 7 heteroatoms. The van der Waals surface area contributed by atoms with Gasteiger partial charge in [-0.25, -0.2) is 8.42 Å². The SMILES string of the molecule is CCCS(=O)(=O)N1CCSCC1C(=O)OCC. The molecule has 17 heavy (non-hydrogen) atoms. The highest BCUT2D eigenvalue weighted by molar-refractivity contribution is 7.99. The Labute approximate surface area is 107 Å². The van der Waals surface area contributed by atoms with Crippen molar-refractivity contribution in [2.24, 2.45) is 0 Å². The van der Waals surface area contributed by atoms with E-state index in [0.717, 1.165) is 5.75 Å². The molecule has 1 rings (SSSR count). The maximum absolute atomic E-state index is 12.0. The molecule has 0 N–H and O–H groups in total. The molecular weight excluding hydrogens is 262 g/mol. The third kappa shape index (κ3) is 3.86. The molecule has 0 radical (unpaired) electrons.